The van der Waals surface area contributed by atoms with E-state index >= 15 is 0 Å². The van der Waals surface area contributed by atoms with Crippen LogP contribution in [0, 0.1) is 0 Å². The number of hydrogen-bond acceptors (Lipinski definition) is 3. The van der Waals surface area contributed by atoms with Crippen LogP contribution in [0.5, 0.6) is 5.75 Å². The zero-order valence-electron chi connectivity index (χ0n) is 15.1. The van der Waals surface area contributed by atoms with Crippen LogP contribution in [0.3, 0.4) is 0 Å². The molecule has 0 aliphatic carbocycles. The number of para-hydroxylation sites is 1. The standard InChI is InChI=1S/C18H24F3N3O2.HI/c1-2-22-17(24-14-9-13-7-8-16(14)26-13)23-10-12-5-3-4-6-15(12)25-11-18(19,20)21;/h3-6,13-14,16H,2,7-11H2,1H3,(H2,22,23,24);1H. The number of nitrogens with one attached hydrogen (secondary N) is 2. The van der Waals surface area contributed by atoms with Gasteiger partial charge in [-0.25, -0.2) is 4.99 Å². The Hall–Kier alpha value is -1.23. The first-order chi connectivity index (χ1) is 12.4. The molecule has 0 aromatic heterocycles. The Morgan fingerprint density at radius 2 is 2.07 bits per heavy atom. The van der Waals surface area contributed by atoms with Crippen molar-refractivity contribution in [3.8, 4) is 5.75 Å². The fourth-order valence-electron chi connectivity index (χ4n) is 3.38. The summed E-state index contributed by atoms with van der Waals surface area (Å²) in [5.74, 6) is 0.840. The smallest absolute Gasteiger partial charge is 0.422 e. The van der Waals surface area contributed by atoms with Crippen molar-refractivity contribution in [2.75, 3.05) is 13.2 Å². The summed E-state index contributed by atoms with van der Waals surface area (Å²) in [6.07, 6.45) is -0.700. The highest BCUT2D eigenvalue weighted by Crippen LogP contribution is 2.34. The average molecular weight is 499 g/mol. The normalized spacial score (nSPS) is 24.4. The number of rotatable bonds is 6. The van der Waals surface area contributed by atoms with E-state index in [1.54, 1.807) is 18.2 Å². The van der Waals surface area contributed by atoms with Crippen molar-refractivity contribution in [1.82, 2.24) is 10.6 Å². The quantitative estimate of drug-likeness (QED) is 0.357. The maximum atomic E-state index is 12.4. The zero-order valence-corrected chi connectivity index (χ0v) is 17.4. The highest BCUT2D eigenvalue weighted by molar-refractivity contribution is 14.0. The topological polar surface area (TPSA) is 54.9 Å². The van der Waals surface area contributed by atoms with Crippen LogP contribution >= 0.6 is 24.0 Å². The van der Waals surface area contributed by atoms with Crippen molar-refractivity contribution in [2.24, 2.45) is 4.99 Å². The van der Waals surface area contributed by atoms with Crippen molar-refractivity contribution < 1.29 is 22.6 Å². The number of ether oxygens (including phenoxy) is 2. The first kappa shape index (κ1) is 22.1. The van der Waals surface area contributed by atoms with Crippen molar-refractivity contribution >= 4 is 29.9 Å². The van der Waals surface area contributed by atoms with Gasteiger partial charge in [0.1, 0.15) is 5.75 Å². The highest BCUT2D eigenvalue weighted by atomic mass is 127. The van der Waals surface area contributed by atoms with E-state index in [4.69, 9.17) is 9.47 Å². The summed E-state index contributed by atoms with van der Waals surface area (Å²) >= 11 is 0. The van der Waals surface area contributed by atoms with Crippen molar-refractivity contribution in [3.63, 3.8) is 0 Å². The van der Waals surface area contributed by atoms with Gasteiger partial charge in [0.2, 0.25) is 0 Å². The molecule has 0 spiro atoms. The van der Waals surface area contributed by atoms with E-state index in [0.717, 1.165) is 19.3 Å². The van der Waals surface area contributed by atoms with Crippen LogP contribution in [0.2, 0.25) is 0 Å². The fraction of sp³-hybridized carbons (Fsp3) is 0.611. The van der Waals surface area contributed by atoms with Gasteiger partial charge in [0, 0.05) is 12.1 Å². The molecule has 3 unspecified atom stereocenters. The molecule has 0 amide bonds. The van der Waals surface area contributed by atoms with E-state index in [0.29, 0.717) is 24.2 Å². The van der Waals surface area contributed by atoms with Gasteiger partial charge in [0.15, 0.2) is 12.6 Å². The molecule has 5 nitrogen and oxygen atoms in total. The molecule has 2 saturated heterocycles. The molecule has 3 rings (SSSR count). The number of alkyl halides is 3. The molecular formula is C18H25F3IN3O2. The van der Waals surface area contributed by atoms with E-state index < -0.39 is 12.8 Å². The second-order valence-corrected chi connectivity index (χ2v) is 6.57. The summed E-state index contributed by atoms with van der Waals surface area (Å²) in [4.78, 5) is 4.51. The molecule has 1 aromatic carbocycles. The molecule has 1 aromatic rings. The summed E-state index contributed by atoms with van der Waals surface area (Å²) in [6, 6.07) is 6.88. The molecule has 2 bridgehead atoms. The van der Waals surface area contributed by atoms with E-state index in [9.17, 15) is 13.2 Å². The summed E-state index contributed by atoms with van der Waals surface area (Å²) < 4.78 is 48.0. The number of benzene rings is 1. The van der Waals surface area contributed by atoms with Crippen LogP contribution in [0.15, 0.2) is 29.3 Å². The first-order valence-electron chi connectivity index (χ1n) is 8.92. The van der Waals surface area contributed by atoms with E-state index in [1.807, 2.05) is 6.92 Å². The third kappa shape index (κ3) is 6.41. The predicted molar refractivity (Wildman–Crippen MR) is 108 cm³/mol. The van der Waals surface area contributed by atoms with Gasteiger partial charge in [-0.3, -0.25) is 0 Å². The Morgan fingerprint density at radius 1 is 1.30 bits per heavy atom. The van der Waals surface area contributed by atoms with Crippen molar-refractivity contribution in [2.45, 2.75) is 57.2 Å². The Kier molecular flexibility index (Phi) is 8.02. The third-order valence-corrected chi connectivity index (χ3v) is 4.54. The van der Waals surface area contributed by atoms with E-state index in [1.165, 1.54) is 6.07 Å². The summed E-state index contributed by atoms with van der Waals surface area (Å²) in [6.45, 7) is 1.58. The van der Waals surface area contributed by atoms with Crippen LogP contribution in [0.4, 0.5) is 13.2 Å². The Labute approximate surface area is 174 Å². The molecule has 2 N–H and O–H groups in total. The van der Waals surface area contributed by atoms with Gasteiger partial charge < -0.3 is 20.1 Å². The predicted octanol–water partition coefficient (Wildman–Crippen LogP) is 3.62. The first-order valence-corrected chi connectivity index (χ1v) is 8.92. The molecule has 2 heterocycles. The largest absolute Gasteiger partial charge is 0.484 e. The molecule has 9 heteroatoms. The Morgan fingerprint density at radius 3 is 2.70 bits per heavy atom. The van der Waals surface area contributed by atoms with Gasteiger partial charge >= 0.3 is 6.18 Å². The monoisotopic (exact) mass is 499 g/mol. The lowest BCUT2D eigenvalue weighted by Gasteiger charge is -2.22. The summed E-state index contributed by atoms with van der Waals surface area (Å²) in [5.41, 5.74) is 0.609. The lowest BCUT2D eigenvalue weighted by atomic mass is 9.96. The minimum Gasteiger partial charge on any atom is -0.484 e. The number of hydrogen-bond donors (Lipinski definition) is 2. The van der Waals surface area contributed by atoms with Crippen LogP contribution in [-0.4, -0.2) is 43.5 Å². The molecule has 27 heavy (non-hydrogen) atoms. The lowest BCUT2D eigenvalue weighted by Crippen LogP contribution is -2.47. The fourth-order valence-corrected chi connectivity index (χ4v) is 3.38. The highest BCUT2D eigenvalue weighted by Gasteiger charge is 2.41. The summed E-state index contributed by atoms with van der Waals surface area (Å²) in [5, 5.41) is 6.56. The number of nitrogens with zero attached hydrogens (tertiary/aromatic N) is 1. The average Bonchev–Trinajstić information content (AvgIpc) is 3.21. The zero-order chi connectivity index (χ0) is 18.6. The minimum absolute atomic E-state index is 0. The molecule has 0 radical (unpaired) electrons. The maximum absolute atomic E-state index is 12.4. The van der Waals surface area contributed by atoms with Gasteiger partial charge in [-0.1, -0.05) is 18.2 Å². The van der Waals surface area contributed by atoms with Crippen LogP contribution < -0.4 is 15.4 Å². The molecule has 0 saturated carbocycles. The number of aliphatic imine (C=N–C) groups is 1. The SMILES string of the molecule is CCNC(=NCc1ccccc1OCC(F)(F)F)NC1CC2CCC1O2.I. The molecule has 2 fully saturated rings. The second-order valence-electron chi connectivity index (χ2n) is 6.57. The minimum atomic E-state index is -4.37. The Balaban J connectivity index is 0.00000261. The van der Waals surface area contributed by atoms with Gasteiger partial charge in [0.25, 0.3) is 0 Å². The lowest BCUT2D eigenvalue weighted by molar-refractivity contribution is -0.153. The molecule has 2 aliphatic rings. The summed E-state index contributed by atoms with van der Waals surface area (Å²) in [7, 11) is 0. The third-order valence-electron chi connectivity index (χ3n) is 4.54. The van der Waals surface area contributed by atoms with Crippen molar-refractivity contribution in [1.29, 1.82) is 0 Å². The molecule has 152 valence electrons. The van der Waals surface area contributed by atoms with Gasteiger partial charge in [-0.2, -0.15) is 13.2 Å². The molecular weight excluding hydrogens is 474 g/mol. The molecule has 3 atom stereocenters. The number of halogens is 4. The van der Waals surface area contributed by atoms with Crippen LogP contribution in [0.1, 0.15) is 31.7 Å². The Bertz CT molecular complexity index is 643. The van der Waals surface area contributed by atoms with Gasteiger partial charge in [-0.05, 0) is 32.3 Å². The van der Waals surface area contributed by atoms with E-state index in [2.05, 4.69) is 15.6 Å². The van der Waals surface area contributed by atoms with Crippen LogP contribution in [-0.2, 0) is 11.3 Å². The van der Waals surface area contributed by atoms with Gasteiger partial charge in [0.05, 0.1) is 24.8 Å². The van der Waals surface area contributed by atoms with Crippen molar-refractivity contribution in [3.05, 3.63) is 29.8 Å². The number of fused-ring (bicyclic) bond motifs is 2. The van der Waals surface area contributed by atoms with Crippen LogP contribution in [0.25, 0.3) is 0 Å². The maximum Gasteiger partial charge on any atom is 0.422 e. The molecule has 2 aliphatic heterocycles. The van der Waals surface area contributed by atoms with Gasteiger partial charge in [-0.15, -0.1) is 24.0 Å². The van der Waals surface area contributed by atoms with E-state index in [-0.39, 0.29) is 48.4 Å². The second kappa shape index (κ2) is 9.81. The number of guanidine groups is 1.